The number of halogens is 1. The molecule has 2 aromatic carbocycles. The van der Waals surface area contributed by atoms with Crippen LogP contribution in [-0.2, 0) is 6.54 Å². The molecule has 1 aliphatic rings. The summed E-state index contributed by atoms with van der Waals surface area (Å²) in [4.78, 5) is 8.88. The average Bonchev–Trinajstić information content (AvgIpc) is 3.08. The Hall–Kier alpha value is -3.35. The number of aryl methyl sites for hydroxylation is 1. The third-order valence-electron chi connectivity index (χ3n) is 3.87. The summed E-state index contributed by atoms with van der Waals surface area (Å²) in [5.41, 5.74) is 2.60. The van der Waals surface area contributed by atoms with Crippen LogP contribution in [0.5, 0.6) is 11.5 Å². The quantitative estimate of drug-likeness (QED) is 0.723. The van der Waals surface area contributed by atoms with E-state index in [1.807, 2.05) is 31.2 Å². The van der Waals surface area contributed by atoms with Crippen LogP contribution in [0, 0.1) is 12.7 Å². The number of anilines is 3. The van der Waals surface area contributed by atoms with Gasteiger partial charge in [0.1, 0.15) is 11.6 Å². The number of rotatable bonds is 5. The number of nitrogens with zero attached hydrogens (tertiary/aromatic N) is 2. The molecule has 0 atom stereocenters. The van der Waals surface area contributed by atoms with Gasteiger partial charge in [0.05, 0.1) is 0 Å². The minimum absolute atomic E-state index is 0.233. The Labute approximate surface area is 150 Å². The lowest BCUT2D eigenvalue weighted by Crippen LogP contribution is -2.05. The predicted octanol–water partition coefficient (Wildman–Crippen LogP) is 4.01. The van der Waals surface area contributed by atoms with Crippen LogP contribution in [0.15, 0.2) is 48.5 Å². The first-order valence-corrected chi connectivity index (χ1v) is 8.16. The molecule has 6 nitrogen and oxygen atoms in total. The first kappa shape index (κ1) is 16.1. The molecule has 0 bridgehead atoms. The molecule has 0 amide bonds. The highest BCUT2D eigenvalue weighted by Crippen LogP contribution is 2.34. The summed E-state index contributed by atoms with van der Waals surface area (Å²) in [7, 11) is 0. The number of nitrogens with one attached hydrogen (secondary N) is 2. The Balaban J connectivity index is 1.48. The summed E-state index contributed by atoms with van der Waals surface area (Å²) in [6.45, 7) is 2.67. The predicted molar refractivity (Wildman–Crippen MR) is 96.3 cm³/mol. The molecule has 0 aliphatic carbocycles. The van der Waals surface area contributed by atoms with Crippen molar-refractivity contribution in [1.82, 2.24) is 9.97 Å². The Morgan fingerprint density at radius 3 is 2.65 bits per heavy atom. The molecule has 26 heavy (non-hydrogen) atoms. The second-order valence-electron chi connectivity index (χ2n) is 5.89. The molecule has 0 fully saturated rings. The van der Waals surface area contributed by atoms with E-state index in [0.29, 0.717) is 24.1 Å². The van der Waals surface area contributed by atoms with Crippen molar-refractivity contribution in [3.05, 3.63) is 65.6 Å². The normalized spacial score (nSPS) is 12.1. The van der Waals surface area contributed by atoms with Crippen LogP contribution in [0.25, 0.3) is 0 Å². The fourth-order valence-corrected chi connectivity index (χ4v) is 2.61. The van der Waals surface area contributed by atoms with E-state index in [2.05, 4.69) is 20.6 Å². The molecule has 1 aliphatic heterocycles. The van der Waals surface area contributed by atoms with Gasteiger partial charge in [-0.2, -0.15) is 4.98 Å². The second-order valence-corrected chi connectivity index (χ2v) is 5.89. The monoisotopic (exact) mass is 352 g/mol. The zero-order chi connectivity index (χ0) is 17.9. The van der Waals surface area contributed by atoms with Crippen LogP contribution in [0.4, 0.5) is 21.8 Å². The van der Waals surface area contributed by atoms with Crippen LogP contribution < -0.4 is 20.1 Å². The molecule has 0 spiro atoms. The van der Waals surface area contributed by atoms with Crippen molar-refractivity contribution in [2.24, 2.45) is 0 Å². The van der Waals surface area contributed by atoms with Crippen molar-refractivity contribution in [3.63, 3.8) is 0 Å². The van der Waals surface area contributed by atoms with Gasteiger partial charge in [-0.15, -0.1) is 0 Å². The lowest BCUT2D eigenvalue weighted by molar-refractivity contribution is 0.174. The van der Waals surface area contributed by atoms with Gasteiger partial charge in [0.15, 0.2) is 11.5 Å². The molecule has 0 saturated carbocycles. The molecule has 4 rings (SSSR count). The van der Waals surface area contributed by atoms with E-state index in [9.17, 15) is 4.39 Å². The first-order valence-electron chi connectivity index (χ1n) is 8.16. The summed E-state index contributed by atoms with van der Waals surface area (Å²) < 4.78 is 23.7. The zero-order valence-corrected chi connectivity index (χ0v) is 14.1. The minimum Gasteiger partial charge on any atom is -0.454 e. The molecule has 1 aromatic heterocycles. The fourth-order valence-electron chi connectivity index (χ4n) is 2.61. The largest absolute Gasteiger partial charge is 0.454 e. The molecule has 0 saturated heterocycles. The third kappa shape index (κ3) is 3.66. The van der Waals surface area contributed by atoms with Gasteiger partial charge in [-0.3, -0.25) is 0 Å². The smallest absolute Gasteiger partial charge is 0.231 e. The molecule has 3 aromatic rings. The highest BCUT2D eigenvalue weighted by molar-refractivity contribution is 5.61. The maximum atomic E-state index is 13.0. The summed E-state index contributed by atoms with van der Waals surface area (Å²) in [6, 6.07) is 13.8. The van der Waals surface area contributed by atoms with Crippen LogP contribution in [-0.4, -0.2) is 16.8 Å². The second kappa shape index (κ2) is 6.87. The average molecular weight is 352 g/mol. The number of fused-ring (bicyclic) bond motifs is 1. The fraction of sp³-hybridized carbons (Fsp3) is 0.158. The van der Waals surface area contributed by atoms with E-state index in [-0.39, 0.29) is 12.6 Å². The molecular formula is C19H17FN4O2. The van der Waals surface area contributed by atoms with Gasteiger partial charge >= 0.3 is 0 Å². The van der Waals surface area contributed by atoms with Gasteiger partial charge in [0, 0.05) is 30.1 Å². The van der Waals surface area contributed by atoms with Crippen molar-refractivity contribution >= 4 is 17.5 Å². The standard InChI is InChI=1S/C19H17FN4O2/c1-12-8-18(21-10-13-2-4-14(20)5-3-13)24-19(22-12)23-15-6-7-16-17(9-15)26-11-25-16/h2-9H,10-11H2,1H3,(H2,21,22,23,24). The van der Waals surface area contributed by atoms with E-state index in [0.717, 1.165) is 22.7 Å². The van der Waals surface area contributed by atoms with Gasteiger partial charge in [0.2, 0.25) is 12.7 Å². The molecule has 2 heterocycles. The molecular weight excluding hydrogens is 335 g/mol. The van der Waals surface area contributed by atoms with Crippen LogP contribution >= 0.6 is 0 Å². The lowest BCUT2D eigenvalue weighted by atomic mass is 10.2. The molecule has 132 valence electrons. The first-order chi connectivity index (χ1) is 12.7. The SMILES string of the molecule is Cc1cc(NCc2ccc(F)cc2)nc(Nc2ccc3c(c2)OCO3)n1. The summed E-state index contributed by atoms with van der Waals surface area (Å²) >= 11 is 0. The highest BCUT2D eigenvalue weighted by atomic mass is 19.1. The van der Waals surface area contributed by atoms with Crippen LogP contribution in [0.2, 0.25) is 0 Å². The van der Waals surface area contributed by atoms with E-state index in [1.54, 1.807) is 12.1 Å². The van der Waals surface area contributed by atoms with E-state index < -0.39 is 0 Å². The molecule has 0 radical (unpaired) electrons. The van der Waals surface area contributed by atoms with Gasteiger partial charge in [0.25, 0.3) is 0 Å². The molecule has 2 N–H and O–H groups in total. The third-order valence-corrected chi connectivity index (χ3v) is 3.87. The van der Waals surface area contributed by atoms with Crippen molar-refractivity contribution in [3.8, 4) is 11.5 Å². The maximum absolute atomic E-state index is 13.0. The maximum Gasteiger partial charge on any atom is 0.231 e. The summed E-state index contributed by atoms with van der Waals surface area (Å²) in [5.74, 6) is 2.33. The highest BCUT2D eigenvalue weighted by Gasteiger charge is 2.13. The molecule has 0 unspecified atom stereocenters. The van der Waals surface area contributed by atoms with Crippen molar-refractivity contribution in [2.45, 2.75) is 13.5 Å². The number of hydrogen-bond donors (Lipinski definition) is 2. The zero-order valence-electron chi connectivity index (χ0n) is 14.1. The van der Waals surface area contributed by atoms with Crippen molar-refractivity contribution in [1.29, 1.82) is 0 Å². The topological polar surface area (TPSA) is 68.3 Å². The summed E-state index contributed by atoms with van der Waals surface area (Å²) in [5, 5.41) is 6.40. The molecule has 7 heteroatoms. The van der Waals surface area contributed by atoms with Gasteiger partial charge in [-0.05, 0) is 36.8 Å². The van der Waals surface area contributed by atoms with Crippen LogP contribution in [0.1, 0.15) is 11.3 Å². The number of aromatic nitrogens is 2. The number of ether oxygens (including phenoxy) is 2. The van der Waals surface area contributed by atoms with E-state index in [1.165, 1.54) is 12.1 Å². The number of benzene rings is 2. The van der Waals surface area contributed by atoms with Gasteiger partial charge in [-0.1, -0.05) is 12.1 Å². The van der Waals surface area contributed by atoms with Gasteiger partial charge < -0.3 is 20.1 Å². The Morgan fingerprint density at radius 1 is 1.00 bits per heavy atom. The Kier molecular flexibility index (Phi) is 4.27. The Bertz CT molecular complexity index is 931. The van der Waals surface area contributed by atoms with E-state index in [4.69, 9.17) is 9.47 Å². The van der Waals surface area contributed by atoms with Gasteiger partial charge in [-0.25, -0.2) is 9.37 Å². The minimum atomic E-state index is -0.248. The Morgan fingerprint density at radius 2 is 1.81 bits per heavy atom. The number of hydrogen-bond acceptors (Lipinski definition) is 6. The van der Waals surface area contributed by atoms with Crippen molar-refractivity contribution < 1.29 is 13.9 Å². The van der Waals surface area contributed by atoms with Crippen LogP contribution in [0.3, 0.4) is 0 Å². The summed E-state index contributed by atoms with van der Waals surface area (Å²) in [6.07, 6.45) is 0. The van der Waals surface area contributed by atoms with Crippen molar-refractivity contribution in [2.75, 3.05) is 17.4 Å². The lowest BCUT2D eigenvalue weighted by Gasteiger charge is -2.10. The van der Waals surface area contributed by atoms with E-state index >= 15 is 0 Å².